The maximum absolute atomic E-state index is 11.9. The lowest BCUT2D eigenvalue weighted by Crippen LogP contribution is -2.36. The number of aliphatic carboxylic acids is 1. The summed E-state index contributed by atoms with van der Waals surface area (Å²) in [7, 11) is 0. The van der Waals surface area contributed by atoms with E-state index in [0.29, 0.717) is 5.69 Å². The number of carbonyl (C=O) groups excluding carboxylic acids is 1. The molecule has 104 valence electrons. The van der Waals surface area contributed by atoms with E-state index in [4.69, 9.17) is 10.8 Å². The monoisotopic (exact) mass is 273 g/mol. The number of anilines is 1. The van der Waals surface area contributed by atoms with Gasteiger partial charge in [-0.25, -0.2) is 0 Å². The summed E-state index contributed by atoms with van der Waals surface area (Å²) in [6.45, 7) is 0. The Balaban J connectivity index is 2.12. The molecule has 1 heterocycles. The van der Waals surface area contributed by atoms with Crippen molar-refractivity contribution < 1.29 is 14.7 Å². The van der Waals surface area contributed by atoms with Gasteiger partial charge in [0.05, 0.1) is 6.04 Å². The van der Waals surface area contributed by atoms with Gasteiger partial charge < -0.3 is 16.2 Å². The van der Waals surface area contributed by atoms with Crippen LogP contribution >= 0.6 is 0 Å². The first kappa shape index (κ1) is 14.0. The molecule has 1 aromatic heterocycles. The van der Waals surface area contributed by atoms with Crippen molar-refractivity contribution in [3.8, 4) is 0 Å². The van der Waals surface area contributed by atoms with Crippen LogP contribution in [0.25, 0.3) is 10.8 Å². The van der Waals surface area contributed by atoms with Crippen molar-refractivity contribution in [1.82, 2.24) is 4.98 Å². The minimum Gasteiger partial charge on any atom is -0.481 e. The first-order valence-electron chi connectivity index (χ1n) is 6.19. The van der Waals surface area contributed by atoms with Crippen LogP contribution in [0.3, 0.4) is 0 Å². The van der Waals surface area contributed by atoms with Crippen LogP contribution in [0.15, 0.2) is 36.7 Å². The molecule has 0 bridgehead atoms. The molecule has 1 atom stereocenters. The van der Waals surface area contributed by atoms with Gasteiger partial charge in [0.25, 0.3) is 0 Å². The number of benzene rings is 1. The smallest absolute Gasteiger partial charge is 0.303 e. The summed E-state index contributed by atoms with van der Waals surface area (Å²) in [4.78, 5) is 26.4. The number of carbonyl (C=O) groups is 2. The van der Waals surface area contributed by atoms with Gasteiger partial charge in [0.15, 0.2) is 0 Å². The Morgan fingerprint density at radius 3 is 2.90 bits per heavy atom. The largest absolute Gasteiger partial charge is 0.481 e. The maximum atomic E-state index is 11.9. The zero-order valence-electron chi connectivity index (χ0n) is 10.7. The second kappa shape index (κ2) is 6.12. The van der Waals surface area contributed by atoms with Gasteiger partial charge in [-0.3, -0.25) is 14.6 Å². The van der Waals surface area contributed by atoms with Gasteiger partial charge in [0.2, 0.25) is 5.91 Å². The lowest BCUT2D eigenvalue weighted by atomic mass is 10.1. The third kappa shape index (κ3) is 3.30. The third-order valence-corrected chi connectivity index (χ3v) is 2.94. The van der Waals surface area contributed by atoms with Gasteiger partial charge in [-0.15, -0.1) is 0 Å². The number of carboxylic acids is 1. The molecule has 1 aromatic carbocycles. The van der Waals surface area contributed by atoms with Crippen molar-refractivity contribution in [3.05, 3.63) is 36.7 Å². The number of fused-ring (bicyclic) bond motifs is 1. The van der Waals surface area contributed by atoms with Crippen LogP contribution < -0.4 is 11.1 Å². The van der Waals surface area contributed by atoms with E-state index >= 15 is 0 Å². The van der Waals surface area contributed by atoms with E-state index in [9.17, 15) is 9.59 Å². The second-order valence-corrected chi connectivity index (χ2v) is 4.43. The summed E-state index contributed by atoms with van der Waals surface area (Å²) in [5, 5.41) is 13.1. The van der Waals surface area contributed by atoms with E-state index < -0.39 is 17.9 Å². The Labute approximate surface area is 115 Å². The molecule has 1 unspecified atom stereocenters. The van der Waals surface area contributed by atoms with E-state index in [-0.39, 0.29) is 12.8 Å². The fourth-order valence-electron chi connectivity index (χ4n) is 1.87. The van der Waals surface area contributed by atoms with E-state index in [1.165, 1.54) is 0 Å². The van der Waals surface area contributed by atoms with Crippen molar-refractivity contribution in [2.45, 2.75) is 18.9 Å². The van der Waals surface area contributed by atoms with Crippen molar-refractivity contribution >= 4 is 28.3 Å². The predicted octanol–water partition coefficient (Wildman–Crippen LogP) is 1.37. The highest BCUT2D eigenvalue weighted by Crippen LogP contribution is 2.22. The lowest BCUT2D eigenvalue weighted by molar-refractivity contribution is -0.137. The summed E-state index contributed by atoms with van der Waals surface area (Å²) in [6.07, 6.45) is 3.32. The molecule has 0 aliphatic heterocycles. The van der Waals surface area contributed by atoms with E-state index in [0.717, 1.165) is 10.8 Å². The van der Waals surface area contributed by atoms with Gasteiger partial charge in [0.1, 0.15) is 0 Å². The Hall–Kier alpha value is -2.47. The molecule has 1 amide bonds. The molecule has 0 fully saturated rings. The number of aromatic nitrogens is 1. The first-order valence-corrected chi connectivity index (χ1v) is 6.19. The van der Waals surface area contributed by atoms with Crippen molar-refractivity contribution in [3.63, 3.8) is 0 Å². The number of amides is 1. The Kier molecular flexibility index (Phi) is 4.27. The molecule has 0 aliphatic rings. The fraction of sp³-hybridized carbons (Fsp3) is 0.214. The Bertz CT molecular complexity index is 637. The molecule has 0 spiro atoms. The molecule has 0 saturated carbocycles. The normalized spacial score (nSPS) is 12.1. The van der Waals surface area contributed by atoms with Crippen LogP contribution in [0.5, 0.6) is 0 Å². The zero-order valence-corrected chi connectivity index (χ0v) is 10.7. The zero-order chi connectivity index (χ0) is 14.5. The molecule has 0 radical (unpaired) electrons. The van der Waals surface area contributed by atoms with Gasteiger partial charge >= 0.3 is 5.97 Å². The number of nitrogens with zero attached hydrogens (tertiary/aromatic N) is 1. The van der Waals surface area contributed by atoms with Gasteiger partial charge in [-0.1, -0.05) is 12.1 Å². The average molecular weight is 273 g/mol. The number of nitrogens with one attached hydrogen (secondary N) is 1. The van der Waals surface area contributed by atoms with Crippen LogP contribution in [0.4, 0.5) is 5.69 Å². The Morgan fingerprint density at radius 2 is 2.15 bits per heavy atom. The SMILES string of the molecule is NC(CCC(=O)O)C(=O)Nc1cccc2cnccc12. The quantitative estimate of drug-likeness (QED) is 0.763. The second-order valence-electron chi connectivity index (χ2n) is 4.43. The van der Waals surface area contributed by atoms with Crippen molar-refractivity contribution in [2.75, 3.05) is 5.32 Å². The molecule has 0 aliphatic carbocycles. The number of rotatable bonds is 5. The fourth-order valence-corrected chi connectivity index (χ4v) is 1.87. The first-order chi connectivity index (χ1) is 9.58. The van der Waals surface area contributed by atoms with Crippen molar-refractivity contribution in [1.29, 1.82) is 0 Å². The molecule has 2 rings (SSSR count). The minimum atomic E-state index is -0.968. The van der Waals surface area contributed by atoms with Crippen LogP contribution in [0, 0.1) is 0 Å². The number of nitrogens with two attached hydrogens (primary N) is 1. The van der Waals surface area contributed by atoms with Crippen molar-refractivity contribution in [2.24, 2.45) is 5.73 Å². The number of hydrogen-bond acceptors (Lipinski definition) is 4. The van der Waals surface area contributed by atoms with Gasteiger partial charge in [-0.2, -0.15) is 0 Å². The Morgan fingerprint density at radius 1 is 1.35 bits per heavy atom. The molecule has 6 nitrogen and oxygen atoms in total. The molecule has 4 N–H and O–H groups in total. The highest BCUT2D eigenvalue weighted by Gasteiger charge is 2.15. The molecule has 20 heavy (non-hydrogen) atoms. The van der Waals surface area contributed by atoms with Crippen LogP contribution in [-0.2, 0) is 9.59 Å². The summed E-state index contributed by atoms with van der Waals surface area (Å²) in [5.41, 5.74) is 6.31. The van der Waals surface area contributed by atoms with Gasteiger partial charge in [0, 0.05) is 35.3 Å². The molecular weight excluding hydrogens is 258 g/mol. The minimum absolute atomic E-state index is 0.105. The highest BCUT2D eigenvalue weighted by molar-refractivity contribution is 6.03. The van der Waals surface area contributed by atoms with E-state index in [1.54, 1.807) is 24.5 Å². The summed E-state index contributed by atoms with van der Waals surface area (Å²) >= 11 is 0. The van der Waals surface area contributed by atoms with Gasteiger partial charge in [-0.05, 0) is 18.6 Å². The predicted molar refractivity (Wildman–Crippen MR) is 75.2 cm³/mol. The van der Waals surface area contributed by atoms with Crippen LogP contribution in [0.2, 0.25) is 0 Å². The average Bonchev–Trinajstić information content (AvgIpc) is 2.45. The molecule has 6 heteroatoms. The topological polar surface area (TPSA) is 105 Å². The number of carboxylic acid groups (broad SMARTS) is 1. The summed E-state index contributed by atoms with van der Waals surface area (Å²) < 4.78 is 0. The molecule has 2 aromatic rings. The number of pyridine rings is 1. The van der Waals surface area contributed by atoms with Crippen LogP contribution in [0.1, 0.15) is 12.8 Å². The van der Waals surface area contributed by atoms with E-state index in [2.05, 4.69) is 10.3 Å². The van der Waals surface area contributed by atoms with E-state index in [1.807, 2.05) is 12.1 Å². The standard InChI is InChI=1S/C14H15N3O3/c15-11(4-5-13(18)19)14(20)17-12-3-1-2-9-8-16-7-6-10(9)12/h1-3,6-8,11H,4-5,15H2,(H,17,20)(H,18,19). The molecule has 0 saturated heterocycles. The molecular formula is C14H15N3O3. The summed E-state index contributed by atoms with van der Waals surface area (Å²) in [6, 6.07) is 6.42. The van der Waals surface area contributed by atoms with Crippen LogP contribution in [-0.4, -0.2) is 28.0 Å². The maximum Gasteiger partial charge on any atom is 0.303 e. The lowest BCUT2D eigenvalue weighted by Gasteiger charge is -2.12. The summed E-state index contributed by atoms with van der Waals surface area (Å²) in [5.74, 6) is -1.36. The third-order valence-electron chi connectivity index (χ3n) is 2.94. The highest BCUT2D eigenvalue weighted by atomic mass is 16.4. The number of hydrogen-bond donors (Lipinski definition) is 3.